The van der Waals surface area contributed by atoms with Gasteiger partial charge >= 0.3 is 6.03 Å². The second kappa shape index (κ2) is 2.20. The summed E-state index contributed by atoms with van der Waals surface area (Å²) in [6.07, 6.45) is 0. The minimum Gasteiger partial charge on any atom is -0.274 e. The maximum Gasteiger partial charge on any atom is 0.349 e. The zero-order valence-corrected chi connectivity index (χ0v) is 5.01. The van der Waals surface area contributed by atoms with Gasteiger partial charge < -0.3 is 0 Å². The Morgan fingerprint density at radius 1 is 1.67 bits per heavy atom. The van der Waals surface area contributed by atoms with Crippen molar-refractivity contribution >= 4 is 23.8 Å². The highest BCUT2D eigenvalue weighted by atomic mass is 35.5. The molecule has 0 aliphatic carbocycles. The molecule has 1 aliphatic heterocycles. The van der Waals surface area contributed by atoms with Crippen molar-refractivity contribution in [2.45, 2.75) is 0 Å². The zero-order valence-electron chi connectivity index (χ0n) is 4.26. The van der Waals surface area contributed by atoms with Gasteiger partial charge in [0.1, 0.15) is 6.54 Å². The molecule has 50 valence electrons. The van der Waals surface area contributed by atoms with Gasteiger partial charge in [0.25, 0.3) is 5.91 Å². The largest absolute Gasteiger partial charge is 0.349 e. The molecular weight excluding hydrogens is 147 g/mol. The molecule has 0 unspecified atom stereocenters. The van der Waals surface area contributed by atoms with Crippen LogP contribution in [0.3, 0.4) is 0 Å². The van der Waals surface area contributed by atoms with Gasteiger partial charge in [-0.2, -0.15) is 9.45 Å². The van der Waals surface area contributed by atoms with E-state index >= 15 is 0 Å². The summed E-state index contributed by atoms with van der Waals surface area (Å²) in [5.41, 5.74) is 0. The number of nitrogens with zero attached hydrogens (tertiary/aromatic N) is 1. The highest BCUT2D eigenvalue weighted by Gasteiger charge is 2.27. The van der Waals surface area contributed by atoms with Crippen molar-refractivity contribution in [2.24, 2.45) is 0 Å². The van der Waals surface area contributed by atoms with Crippen molar-refractivity contribution in [1.29, 1.82) is 0 Å². The van der Waals surface area contributed by atoms with E-state index in [9.17, 15) is 9.59 Å². The molecule has 1 aliphatic rings. The third-order valence-electron chi connectivity index (χ3n) is 0.843. The lowest BCUT2D eigenvalue weighted by Crippen LogP contribution is -2.25. The fraction of sp³-hybridized carbons (Fsp3) is 0.333. The molecule has 1 saturated heterocycles. The van der Waals surface area contributed by atoms with Gasteiger partial charge in [0, 0.05) is 0 Å². The Labute approximate surface area is 55.6 Å². The Morgan fingerprint density at radius 3 is 2.56 bits per heavy atom. The average molecular weight is 151 g/mol. The topological polar surface area (TPSA) is 58.6 Å². The van der Waals surface area contributed by atoms with Gasteiger partial charge in [-0.25, -0.2) is 4.79 Å². The fourth-order valence-corrected chi connectivity index (χ4v) is 0.591. The van der Waals surface area contributed by atoms with Crippen LogP contribution in [0.1, 0.15) is 0 Å². The normalized spacial score (nSPS) is 18.6. The first-order chi connectivity index (χ1) is 4.24. The van der Waals surface area contributed by atoms with E-state index < -0.39 is 11.9 Å². The first-order valence-electron chi connectivity index (χ1n) is 2.14. The molecule has 0 bridgehead atoms. The van der Waals surface area contributed by atoms with Gasteiger partial charge in [-0.05, 0) is 0 Å². The number of carbonyl (C=O) groups excluding carboxylic acids is 2. The Bertz CT molecular complexity index is 159. The van der Waals surface area contributed by atoms with E-state index in [4.69, 9.17) is 11.9 Å². The lowest BCUT2D eigenvalue weighted by molar-refractivity contribution is -0.120. The average Bonchev–Trinajstić information content (AvgIpc) is 2.10. The third kappa shape index (κ3) is 1.11. The summed E-state index contributed by atoms with van der Waals surface area (Å²) in [5, 5.41) is 2.67. The van der Waals surface area contributed by atoms with E-state index in [1.54, 1.807) is 0 Å². The first-order valence-corrected chi connectivity index (χ1v) is 2.45. The van der Waals surface area contributed by atoms with Crippen LogP contribution in [0.2, 0.25) is 0 Å². The number of hydrogen-bond acceptors (Lipinski definition) is 3. The molecule has 0 aromatic rings. The molecule has 1 heterocycles. The van der Waals surface area contributed by atoms with Crippen LogP contribution in [0.5, 0.6) is 0 Å². The quantitative estimate of drug-likeness (QED) is 0.519. The molecule has 6 heteroatoms. The second-order valence-corrected chi connectivity index (χ2v) is 1.60. The minimum absolute atomic E-state index is 0.137. The minimum atomic E-state index is -0.630. The molecule has 1 N–H and O–H groups in total. The number of nitrogens with one attached hydrogen (secondary N) is 1. The van der Waals surface area contributed by atoms with Gasteiger partial charge in [0.05, 0.1) is 11.9 Å². The Morgan fingerprint density at radius 2 is 2.33 bits per heavy atom. The number of halogens is 1. The lowest BCUT2D eigenvalue weighted by atomic mass is 10.7. The zero-order chi connectivity index (χ0) is 6.85. The molecule has 0 aromatic heterocycles. The number of amides is 3. The highest BCUT2D eigenvalue weighted by Crippen LogP contribution is 1.99. The molecule has 1 rings (SSSR count). The van der Waals surface area contributed by atoms with E-state index in [2.05, 4.69) is 4.39 Å². The van der Waals surface area contributed by atoms with Gasteiger partial charge in [0.2, 0.25) is 0 Å². The van der Waals surface area contributed by atoms with Gasteiger partial charge in [0.15, 0.2) is 0 Å². The van der Waals surface area contributed by atoms with Crippen molar-refractivity contribution in [1.82, 2.24) is 10.4 Å². The Kier molecular flexibility index (Phi) is 1.54. The van der Waals surface area contributed by atoms with E-state index in [0.717, 1.165) is 0 Å². The summed E-state index contributed by atoms with van der Waals surface area (Å²) in [4.78, 5) is 20.7. The molecule has 3 amide bonds. The Hall–Kier alpha value is -0.810. The maximum absolute atomic E-state index is 10.4. The van der Waals surface area contributed by atoms with E-state index in [1.165, 1.54) is 0 Å². The predicted molar refractivity (Wildman–Crippen MR) is 27.2 cm³/mol. The van der Waals surface area contributed by atoms with Gasteiger partial charge in [-0.15, -0.1) is 0 Å². The monoisotopic (exact) mass is 150 g/mol. The molecule has 9 heavy (non-hydrogen) atoms. The maximum atomic E-state index is 10.4. The van der Waals surface area contributed by atoms with Crippen molar-refractivity contribution in [2.75, 3.05) is 6.54 Å². The highest BCUT2D eigenvalue weighted by molar-refractivity contribution is 6.09. The summed E-state index contributed by atoms with van der Waals surface area (Å²) >= 11 is 4.78. The van der Waals surface area contributed by atoms with Crippen LogP contribution in [-0.2, 0) is 9.18 Å². The number of urea groups is 1. The number of hydrogen-bond donors (Lipinski definition) is 1. The van der Waals surface area contributed by atoms with Crippen molar-refractivity contribution in [3.8, 4) is 0 Å². The van der Waals surface area contributed by atoms with Crippen LogP contribution in [0.25, 0.3) is 0 Å². The van der Waals surface area contributed by atoms with E-state index in [-0.39, 0.29) is 6.54 Å². The molecule has 5 nitrogen and oxygen atoms in total. The van der Waals surface area contributed by atoms with Gasteiger partial charge in [-0.3, -0.25) is 10.1 Å². The summed E-state index contributed by atoms with van der Waals surface area (Å²) in [7, 11) is 0. The smallest absolute Gasteiger partial charge is 0.274 e. The molecule has 0 atom stereocenters. The number of hydroxylamine groups is 2. The third-order valence-corrected chi connectivity index (χ3v) is 1.01. The molecular formula is C3H3ClN2O3. The van der Waals surface area contributed by atoms with Crippen LogP contribution < -0.4 is 5.32 Å². The standard InChI is InChI=1S/C3H3ClN2O3/c4-9-6-1-2(7)5-3(6)8/h1H2,(H,5,7,8). The molecule has 0 aromatic carbocycles. The van der Waals surface area contributed by atoms with Crippen molar-refractivity contribution in [3.63, 3.8) is 0 Å². The van der Waals surface area contributed by atoms with Crippen LogP contribution in [0, 0.1) is 0 Å². The van der Waals surface area contributed by atoms with Crippen LogP contribution in [0.4, 0.5) is 4.79 Å². The summed E-state index contributed by atoms with van der Waals surface area (Å²) in [6.45, 7) is -0.137. The van der Waals surface area contributed by atoms with Gasteiger partial charge in [-0.1, -0.05) is 0 Å². The van der Waals surface area contributed by atoms with Crippen molar-refractivity contribution in [3.05, 3.63) is 0 Å². The summed E-state index contributed by atoms with van der Waals surface area (Å²) in [5.74, 6) is -0.416. The number of carbonyl (C=O) groups is 2. The SMILES string of the molecule is O=C1CN(OCl)C(=O)N1. The molecule has 0 spiro atoms. The van der Waals surface area contributed by atoms with Crippen molar-refractivity contribution < 1.29 is 14.0 Å². The lowest BCUT2D eigenvalue weighted by Gasteiger charge is -2.02. The molecule has 0 radical (unpaired) electrons. The fourth-order valence-electron chi connectivity index (χ4n) is 0.479. The molecule has 1 fully saturated rings. The summed E-state index contributed by atoms with van der Waals surface area (Å²) in [6, 6.07) is -0.630. The first kappa shape index (κ1) is 6.31. The predicted octanol–water partition coefficient (Wildman–Crippen LogP) is -0.376. The van der Waals surface area contributed by atoms with Crippen LogP contribution in [-0.4, -0.2) is 23.5 Å². The van der Waals surface area contributed by atoms with Crippen LogP contribution in [0.15, 0.2) is 0 Å². The second-order valence-electron chi connectivity index (χ2n) is 1.46. The Balaban J connectivity index is 2.58. The van der Waals surface area contributed by atoms with Crippen LogP contribution >= 0.6 is 11.9 Å². The number of rotatable bonds is 1. The summed E-state index contributed by atoms with van der Waals surface area (Å²) < 4.78 is 3.97. The molecule has 0 saturated carbocycles. The number of imide groups is 1. The van der Waals surface area contributed by atoms with E-state index in [0.29, 0.717) is 5.06 Å². The van der Waals surface area contributed by atoms with E-state index in [1.807, 2.05) is 5.32 Å².